The fourth-order valence-corrected chi connectivity index (χ4v) is 2.31. The van der Waals surface area contributed by atoms with E-state index in [1.165, 1.54) is 0 Å². The van der Waals surface area contributed by atoms with Gasteiger partial charge in [-0.3, -0.25) is 0 Å². The molecule has 1 aromatic rings. The van der Waals surface area contributed by atoms with E-state index in [1.807, 2.05) is 0 Å². The molecule has 0 aromatic carbocycles. The van der Waals surface area contributed by atoms with Crippen LogP contribution in [0.4, 0.5) is 11.9 Å². The average molecular weight is 282 g/mol. The monoisotopic (exact) mass is 281 g/mol. The van der Waals surface area contributed by atoms with E-state index in [0.717, 1.165) is 32.4 Å². The Morgan fingerprint density at radius 1 is 1.26 bits per heavy atom. The molecule has 1 atom stereocenters. The van der Waals surface area contributed by atoms with Crippen molar-refractivity contribution in [1.82, 2.24) is 15.0 Å². The van der Waals surface area contributed by atoms with Crippen molar-refractivity contribution in [2.24, 2.45) is 0 Å². The Morgan fingerprint density at radius 2 is 2.05 bits per heavy atom. The van der Waals surface area contributed by atoms with Crippen LogP contribution in [0.2, 0.25) is 5.28 Å². The van der Waals surface area contributed by atoms with E-state index in [1.54, 1.807) is 0 Å². The zero-order valence-corrected chi connectivity index (χ0v) is 12.2. The first-order valence-corrected chi connectivity index (χ1v) is 7.18. The van der Waals surface area contributed by atoms with Crippen LogP contribution in [0.5, 0.6) is 0 Å². The van der Waals surface area contributed by atoms with E-state index >= 15 is 0 Å². The Morgan fingerprint density at radius 3 is 2.68 bits per heavy atom. The van der Waals surface area contributed by atoms with E-state index in [2.05, 4.69) is 51.2 Å². The van der Waals surface area contributed by atoms with E-state index < -0.39 is 0 Å². The normalized spacial score (nSPS) is 18.4. The van der Waals surface area contributed by atoms with Crippen LogP contribution < -0.4 is 10.2 Å². The third-order valence-corrected chi connectivity index (χ3v) is 3.41. The van der Waals surface area contributed by atoms with E-state index in [0.29, 0.717) is 17.9 Å². The number of rotatable bonds is 5. The second kappa shape index (κ2) is 6.70. The number of hydrogen-bond donors (Lipinski definition) is 1. The zero-order valence-electron chi connectivity index (χ0n) is 11.4. The summed E-state index contributed by atoms with van der Waals surface area (Å²) in [5, 5.41) is 3.58. The summed E-state index contributed by atoms with van der Waals surface area (Å²) < 4.78 is 0. The van der Waals surface area contributed by atoms with Gasteiger partial charge in [0, 0.05) is 19.1 Å². The highest BCUT2D eigenvalue weighted by Crippen LogP contribution is 2.18. The van der Waals surface area contributed by atoms with Crippen molar-refractivity contribution >= 4 is 23.5 Å². The van der Waals surface area contributed by atoms with E-state index in [9.17, 15) is 0 Å². The number of nitrogens with one attached hydrogen (secondary N) is 1. The average Bonchev–Trinajstić information content (AvgIpc) is 2.40. The molecular weight excluding hydrogens is 262 g/mol. The lowest BCUT2D eigenvalue weighted by molar-refractivity contribution is 0.637. The summed E-state index contributed by atoms with van der Waals surface area (Å²) in [6.07, 6.45) is 7.60. The quantitative estimate of drug-likeness (QED) is 0.841. The molecule has 0 radical (unpaired) electrons. The maximum absolute atomic E-state index is 5.98. The maximum Gasteiger partial charge on any atom is 0.231 e. The lowest BCUT2D eigenvalue weighted by Gasteiger charge is -2.22. The Hall–Kier alpha value is -1.36. The highest BCUT2D eigenvalue weighted by atomic mass is 35.5. The number of allylic oxidation sites excluding steroid dienone is 1. The van der Waals surface area contributed by atoms with Gasteiger partial charge in [-0.1, -0.05) is 12.2 Å². The molecule has 104 valence electrons. The van der Waals surface area contributed by atoms with Gasteiger partial charge in [0.2, 0.25) is 17.2 Å². The molecule has 0 bridgehead atoms. The number of aromatic nitrogens is 3. The molecule has 1 aliphatic carbocycles. The number of halogens is 1. The molecule has 19 heavy (non-hydrogen) atoms. The fourth-order valence-electron chi connectivity index (χ4n) is 2.16. The first-order chi connectivity index (χ1) is 9.22. The van der Waals surface area contributed by atoms with Crippen molar-refractivity contribution in [1.29, 1.82) is 0 Å². The van der Waals surface area contributed by atoms with Crippen molar-refractivity contribution in [3.8, 4) is 0 Å². The minimum Gasteiger partial charge on any atom is -0.351 e. The minimum atomic E-state index is 0.241. The molecule has 1 aromatic heterocycles. The van der Waals surface area contributed by atoms with Gasteiger partial charge in [0.1, 0.15) is 0 Å². The molecule has 2 rings (SSSR count). The molecule has 0 aliphatic heterocycles. The predicted molar refractivity (Wildman–Crippen MR) is 78.8 cm³/mol. The van der Waals surface area contributed by atoms with Gasteiger partial charge in [-0.15, -0.1) is 0 Å². The number of anilines is 2. The van der Waals surface area contributed by atoms with Gasteiger partial charge in [0.05, 0.1) is 0 Å². The van der Waals surface area contributed by atoms with Gasteiger partial charge in [-0.25, -0.2) is 0 Å². The molecule has 1 heterocycles. The molecule has 1 aliphatic rings. The summed E-state index contributed by atoms with van der Waals surface area (Å²) in [6.45, 7) is 5.84. The Kier molecular flexibility index (Phi) is 4.96. The largest absolute Gasteiger partial charge is 0.351 e. The number of nitrogens with zero attached hydrogens (tertiary/aromatic N) is 4. The Balaban J connectivity index is 2.13. The molecule has 0 saturated carbocycles. The first kappa shape index (κ1) is 14.1. The minimum absolute atomic E-state index is 0.241. The third kappa shape index (κ3) is 3.80. The van der Waals surface area contributed by atoms with Crippen LogP contribution in [0.25, 0.3) is 0 Å². The first-order valence-electron chi connectivity index (χ1n) is 6.81. The molecular formula is C13H20ClN5. The maximum atomic E-state index is 5.98. The molecule has 5 nitrogen and oxygen atoms in total. The summed E-state index contributed by atoms with van der Waals surface area (Å²) in [4.78, 5) is 14.9. The summed E-state index contributed by atoms with van der Waals surface area (Å²) >= 11 is 5.98. The van der Waals surface area contributed by atoms with Crippen molar-refractivity contribution in [3.05, 3.63) is 17.4 Å². The molecule has 1 unspecified atom stereocenters. The lowest BCUT2D eigenvalue weighted by Crippen LogP contribution is -2.26. The van der Waals surface area contributed by atoms with E-state index in [4.69, 9.17) is 11.6 Å². The Bertz CT molecular complexity index is 445. The zero-order chi connectivity index (χ0) is 13.7. The lowest BCUT2D eigenvalue weighted by atomic mass is 10.0. The van der Waals surface area contributed by atoms with Gasteiger partial charge >= 0.3 is 0 Å². The topological polar surface area (TPSA) is 53.9 Å². The summed E-state index contributed by atoms with van der Waals surface area (Å²) in [5.41, 5.74) is 0. The second-order valence-corrected chi connectivity index (χ2v) is 4.86. The van der Waals surface area contributed by atoms with Crippen molar-refractivity contribution in [2.45, 2.75) is 39.2 Å². The van der Waals surface area contributed by atoms with Crippen LogP contribution in [-0.2, 0) is 0 Å². The van der Waals surface area contributed by atoms with Crippen LogP contribution in [0.1, 0.15) is 33.1 Å². The third-order valence-electron chi connectivity index (χ3n) is 3.24. The van der Waals surface area contributed by atoms with Crippen LogP contribution in [0, 0.1) is 0 Å². The summed E-state index contributed by atoms with van der Waals surface area (Å²) in [7, 11) is 0. The van der Waals surface area contributed by atoms with Gasteiger partial charge < -0.3 is 10.2 Å². The van der Waals surface area contributed by atoms with Gasteiger partial charge in [0.25, 0.3) is 0 Å². The van der Waals surface area contributed by atoms with Crippen LogP contribution in [0.3, 0.4) is 0 Å². The van der Waals surface area contributed by atoms with Gasteiger partial charge in [-0.05, 0) is 44.7 Å². The fraction of sp³-hybridized carbons (Fsp3) is 0.615. The highest BCUT2D eigenvalue weighted by Gasteiger charge is 2.14. The SMILES string of the molecule is CCN(CC)c1nc(Cl)nc(NC2CC=CCC2)n1. The van der Waals surface area contributed by atoms with Crippen molar-refractivity contribution in [3.63, 3.8) is 0 Å². The standard InChI is InChI=1S/C13H20ClN5/c1-3-19(4-2)13-17-11(14)16-12(18-13)15-10-8-6-5-7-9-10/h5-6,10H,3-4,7-9H2,1-2H3,(H,15,16,17,18). The van der Waals surface area contributed by atoms with Crippen LogP contribution >= 0.6 is 11.6 Å². The second-order valence-electron chi connectivity index (χ2n) is 4.53. The highest BCUT2D eigenvalue weighted by molar-refractivity contribution is 6.28. The number of hydrogen-bond acceptors (Lipinski definition) is 5. The summed E-state index contributed by atoms with van der Waals surface area (Å²) in [6, 6.07) is 0.382. The molecule has 0 amide bonds. The van der Waals surface area contributed by atoms with E-state index in [-0.39, 0.29) is 5.28 Å². The van der Waals surface area contributed by atoms with Crippen molar-refractivity contribution < 1.29 is 0 Å². The molecule has 1 N–H and O–H groups in total. The van der Waals surface area contributed by atoms with Crippen molar-refractivity contribution in [2.75, 3.05) is 23.3 Å². The van der Waals surface area contributed by atoms with Crippen LogP contribution in [0.15, 0.2) is 12.2 Å². The molecule has 6 heteroatoms. The van der Waals surface area contributed by atoms with Gasteiger partial charge in [0.15, 0.2) is 0 Å². The molecule has 0 fully saturated rings. The summed E-state index contributed by atoms with van der Waals surface area (Å²) in [5.74, 6) is 1.21. The molecule has 0 saturated heterocycles. The van der Waals surface area contributed by atoms with Gasteiger partial charge in [-0.2, -0.15) is 15.0 Å². The predicted octanol–water partition coefficient (Wildman–Crippen LogP) is 2.89. The Labute approximate surface area is 119 Å². The smallest absolute Gasteiger partial charge is 0.231 e. The van der Waals surface area contributed by atoms with Crippen LogP contribution in [-0.4, -0.2) is 34.1 Å². The molecule has 0 spiro atoms.